The van der Waals surface area contributed by atoms with Gasteiger partial charge in [-0.05, 0) is 27.8 Å². The predicted molar refractivity (Wildman–Crippen MR) is 75.5 cm³/mol. The number of amides is 1. The normalized spacial score (nSPS) is 11.8. The van der Waals surface area contributed by atoms with Crippen LogP contribution in [0.2, 0.25) is 5.02 Å². The van der Waals surface area contributed by atoms with E-state index in [0.29, 0.717) is 11.6 Å². The van der Waals surface area contributed by atoms with E-state index in [9.17, 15) is 4.79 Å². The molecule has 1 amide bonds. The van der Waals surface area contributed by atoms with Crippen LogP contribution in [0.3, 0.4) is 0 Å². The van der Waals surface area contributed by atoms with Crippen molar-refractivity contribution < 1.29 is 4.79 Å². The zero-order chi connectivity index (χ0) is 13.0. The maximum absolute atomic E-state index is 11.7. The molecule has 0 saturated carbocycles. The van der Waals surface area contributed by atoms with E-state index in [1.54, 1.807) is 4.68 Å². The van der Waals surface area contributed by atoms with Gasteiger partial charge in [-0.1, -0.05) is 11.6 Å². The molecule has 0 radical (unpaired) electrons. The first-order valence-corrected chi connectivity index (χ1v) is 5.97. The molecule has 0 saturated heterocycles. The molecule has 0 spiro atoms. The van der Waals surface area contributed by atoms with Gasteiger partial charge in [0.1, 0.15) is 6.54 Å². The quantitative estimate of drug-likeness (QED) is 0.861. The minimum absolute atomic E-state index is 0. The summed E-state index contributed by atoms with van der Waals surface area (Å²) >= 11 is 6.01. The van der Waals surface area contributed by atoms with Crippen LogP contribution in [-0.2, 0) is 11.3 Å². The molecule has 0 aliphatic heterocycles. The van der Waals surface area contributed by atoms with Gasteiger partial charge in [0.2, 0.25) is 5.91 Å². The Morgan fingerprint density at radius 1 is 1.50 bits per heavy atom. The van der Waals surface area contributed by atoms with Crippen LogP contribution in [0.25, 0.3) is 0 Å². The topological polar surface area (TPSA) is 58.9 Å². The van der Waals surface area contributed by atoms with Crippen LogP contribution < -0.4 is 10.6 Å². The second kappa shape index (κ2) is 7.61. The molecule has 1 atom stereocenters. The fourth-order valence-electron chi connectivity index (χ4n) is 1.39. The number of likely N-dealkylation sites (N-methyl/N-ethyl adjacent to an activating group) is 1. The van der Waals surface area contributed by atoms with Gasteiger partial charge in [-0.25, -0.2) is 0 Å². The number of aromatic nitrogens is 2. The largest absolute Gasteiger partial charge is 0.353 e. The van der Waals surface area contributed by atoms with Crippen LogP contribution in [0, 0.1) is 13.8 Å². The summed E-state index contributed by atoms with van der Waals surface area (Å²) in [6.07, 6.45) is 0. The lowest BCUT2D eigenvalue weighted by Crippen LogP contribution is -2.38. The van der Waals surface area contributed by atoms with Gasteiger partial charge >= 0.3 is 0 Å². The molecular formula is C11H20Cl2N4O. The Kier molecular flexibility index (Phi) is 7.28. The smallest absolute Gasteiger partial charge is 0.241 e. The van der Waals surface area contributed by atoms with Crippen molar-refractivity contribution in [3.05, 3.63) is 16.4 Å². The molecule has 1 unspecified atom stereocenters. The first-order chi connectivity index (χ1) is 7.95. The van der Waals surface area contributed by atoms with Crippen LogP contribution in [0.15, 0.2) is 0 Å². The Morgan fingerprint density at radius 3 is 2.56 bits per heavy atom. The van der Waals surface area contributed by atoms with E-state index in [1.165, 1.54) is 0 Å². The fourth-order valence-corrected chi connectivity index (χ4v) is 1.53. The fraction of sp³-hybridized carbons (Fsp3) is 0.636. The average molecular weight is 295 g/mol. The SMILES string of the molecule is CNC(C)CNC(=O)Cn1nc(C)c(Cl)c1C.Cl. The number of hydrogen-bond acceptors (Lipinski definition) is 3. The number of rotatable bonds is 5. The first-order valence-electron chi connectivity index (χ1n) is 5.59. The summed E-state index contributed by atoms with van der Waals surface area (Å²) in [6.45, 7) is 6.48. The number of halogens is 2. The predicted octanol–water partition coefficient (Wildman–Crippen LogP) is 1.30. The number of carbonyl (C=O) groups is 1. The second-order valence-electron chi connectivity index (χ2n) is 4.14. The third-order valence-electron chi connectivity index (χ3n) is 2.68. The average Bonchev–Trinajstić information content (AvgIpc) is 2.54. The lowest BCUT2D eigenvalue weighted by molar-refractivity contribution is -0.121. The third kappa shape index (κ3) is 4.48. The van der Waals surface area contributed by atoms with Crippen molar-refractivity contribution in [3.8, 4) is 0 Å². The summed E-state index contributed by atoms with van der Waals surface area (Å²) in [5, 5.41) is 10.7. The van der Waals surface area contributed by atoms with Gasteiger partial charge in [0.05, 0.1) is 16.4 Å². The lowest BCUT2D eigenvalue weighted by atomic mass is 10.3. The van der Waals surface area contributed by atoms with Crippen LogP contribution in [-0.4, -0.2) is 35.3 Å². The molecule has 104 valence electrons. The van der Waals surface area contributed by atoms with Crippen molar-refractivity contribution in [2.75, 3.05) is 13.6 Å². The molecule has 1 aromatic heterocycles. The molecule has 0 aromatic carbocycles. The maximum Gasteiger partial charge on any atom is 0.241 e. The molecule has 1 rings (SSSR count). The molecule has 18 heavy (non-hydrogen) atoms. The highest BCUT2D eigenvalue weighted by Gasteiger charge is 2.12. The van der Waals surface area contributed by atoms with Gasteiger partial charge in [0.25, 0.3) is 0 Å². The second-order valence-corrected chi connectivity index (χ2v) is 4.51. The molecule has 5 nitrogen and oxygen atoms in total. The van der Waals surface area contributed by atoms with E-state index in [-0.39, 0.29) is 30.9 Å². The third-order valence-corrected chi connectivity index (χ3v) is 3.23. The van der Waals surface area contributed by atoms with Crippen LogP contribution >= 0.6 is 24.0 Å². The minimum Gasteiger partial charge on any atom is -0.353 e. The Hall–Kier alpha value is -0.780. The van der Waals surface area contributed by atoms with E-state index in [1.807, 2.05) is 27.8 Å². The van der Waals surface area contributed by atoms with Gasteiger partial charge in [0.15, 0.2) is 0 Å². The summed E-state index contributed by atoms with van der Waals surface area (Å²) < 4.78 is 1.62. The van der Waals surface area contributed by atoms with Gasteiger partial charge in [0, 0.05) is 12.6 Å². The van der Waals surface area contributed by atoms with Crippen LogP contribution in [0.4, 0.5) is 0 Å². The van der Waals surface area contributed by atoms with Crippen LogP contribution in [0.1, 0.15) is 18.3 Å². The van der Waals surface area contributed by atoms with Crippen molar-refractivity contribution in [2.45, 2.75) is 33.4 Å². The molecular weight excluding hydrogens is 275 g/mol. The van der Waals surface area contributed by atoms with Gasteiger partial charge in [-0.2, -0.15) is 5.10 Å². The molecule has 1 aromatic rings. The highest BCUT2D eigenvalue weighted by Crippen LogP contribution is 2.18. The molecule has 0 bridgehead atoms. The molecule has 0 aliphatic rings. The monoisotopic (exact) mass is 294 g/mol. The zero-order valence-corrected chi connectivity index (χ0v) is 12.7. The van der Waals surface area contributed by atoms with Crippen molar-refractivity contribution in [2.24, 2.45) is 0 Å². The molecule has 7 heteroatoms. The van der Waals surface area contributed by atoms with Crippen molar-refractivity contribution >= 4 is 29.9 Å². The Morgan fingerprint density at radius 2 is 2.11 bits per heavy atom. The number of carbonyl (C=O) groups excluding carboxylic acids is 1. The molecule has 0 aliphatic carbocycles. The number of nitrogens with one attached hydrogen (secondary N) is 2. The number of hydrogen-bond donors (Lipinski definition) is 2. The minimum atomic E-state index is -0.0608. The first kappa shape index (κ1) is 17.2. The van der Waals surface area contributed by atoms with Gasteiger partial charge in [-0.15, -0.1) is 12.4 Å². The van der Waals surface area contributed by atoms with E-state index in [4.69, 9.17) is 11.6 Å². The standard InChI is InChI=1S/C11H19ClN4O.ClH/c1-7(13-4)5-14-10(17)6-16-9(3)11(12)8(2)15-16;/h7,13H,5-6H2,1-4H3,(H,14,17);1H. The van der Waals surface area contributed by atoms with E-state index >= 15 is 0 Å². The zero-order valence-electron chi connectivity index (χ0n) is 11.1. The highest BCUT2D eigenvalue weighted by molar-refractivity contribution is 6.31. The van der Waals surface area contributed by atoms with Gasteiger partial charge < -0.3 is 10.6 Å². The van der Waals surface area contributed by atoms with Crippen molar-refractivity contribution in [1.29, 1.82) is 0 Å². The Balaban J connectivity index is 0.00000289. The highest BCUT2D eigenvalue weighted by atomic mass is 35.5. The van der Waals surface area contributed by atoms with E-state index in [0.717, 1.165) is 11.4 Å². The van der Waals surface area contributed by atoms with Crippen molar-refractivity contribution in [3.63, 3.8) is 0 Å². The summed E-state index contributed by atoms with van der Waals surface area (Å²) in [5.41, 5.74) is 1.57. The summed E-state index contributed by atoms with van der Waals surface area (Å²) in [6, 6.07) is 0.253. The summed E-state index contributed by atoms with van der Waals surface area (Å²) in [4.78, 5) is 11.7. The maximum atomic E-state index is 11.7. The summed E-state index contributed by atoms with van der Waals surface area (Å²) in [7, 11) is 1.86. The number of nitrogens with zero attached hydrogens (tertiary/aromatic N) is 2. The summed E-state index contributed by atoms with van der Waals surface area (Å²) in [5.74, 6) is -0.0608. The lowest BCUT2D eigenvalue weighted by Gasteiger charge is -2.11. The number of aryl methyl sites for hydroxylation is 1. The van der Waals surface area contributed by atoms with Crippen molar-refractivity contribution in [1.82, 2.24) is 20.4 Å². The molecule has 1 heterocycles. The van der Waals surface area contributed by atoms with E-state index < -0.39 is 0 Å². The van der Waals surface area contributed by atoms with E-state index in [2.05, 4.69) is 15.7 Å². The van der Waals surface area contributed by atoms with Gasteiger partial charge in [-0.3, -0.25) is 9.48 Å². The molecule has 2 N–H and O–H groups in total. The Labute approximate surface area is 119 Å². The Bertz CT molecular complexity index is 406. The molecule has 0 fully saturated rings. The van der Waals surface area contributed by atoms with Crippen LogP contribution in [0.5, 0.6) is 0 Å².